The van der Waals surface area contributed by atoms with Gasteiger partial charge in [-0.05, 0) is 24.9 Å². The van der Waals surface area contributed by atoms with Crippen molar-refractivity contribution < 1.29 is 0 Å². The van der Waals surface area contributed by atoms with Gasteiger partial charge in [0.15, 0.2) is 0 Å². The van der Waals surface area contributed by atoms with E-state index in [9.17, 15) is 0 Å². The van der Waals surface area contributed by atoms with Crippen LogP contribution in [0.3, 0.4) is 0 Å². The van der Waals surface area contributed by atoms with Gasteiger partial charge in [-0.25, -0.2) is 15.0 Å². The van der Waals surface area contributed by atoms with Crippen LogP contribution in [0.4, 0.5) is 5.82 Å². The van der Waals surface area contributed by atoms with Gasteiger partial charge >= 0.3 is 0 Å². The van der Waals surface area contributed by atoms with E-state index in [0.29, 0.717) is 0 Å². The average Bonchev–Trinajstić information content (AvgIpc) is 2.82. The molecule has 7 heteroatoms. The first kappa shape index (κ1) is 11.8. The molecule has 0 aliphatic heterocycles. The van der Waals surface area contributed by atoms with E-state index in [2.05, 4.69) is 30.5 Å². The van der Waals surface area contributed by atoms with Gasteiger partial charge in [0, 0.05) is 24.7 Å². The molecule has 2 rings (SSSR count). The summed E-state index contributed by atoms with van der Waals surface area (Å²) < 4.78 is 0. The molecule has 2 N–H and O–H groups in total. The van der Waals surface area contributed by atoms with Gasteiger partial charge < -0.3 is 5.32 Å². The summed E-state index contributed by atoms with van der Waals surface area (Å²) in [5.74, 6) is 1.67. The molecule has 2 aromatic rings. The van der Waals surface area contributed by atoms with Crippen LogP contribution in [0.2, 0.25) is 5.28 Å². The lowest BCUT2D eigenvalue weighted by molar-refractivity contribution is 0.802. The van der Waals surface area contributed by atoms with Crippen molar-refractivity contribution in [2.75, 3.05) is 11.9 Å². The Bertz CT molecular complexity index is 470. The van der Waals surface area contributed by atoms with Crippen molar-refractivity contribution in [3.63, 3.8) is 0 Å². The Morgan fingerprint density at radius 2 is 2.29 bits per heavy atom. The van der Waals surface area contributed by atoms with Gasteiger partial charge in [-0.1, -0.05) is 0 Å². The molecule has 0 radical (unpaired) electrons. The van der Waals surface area contributed by atoms with Crippen LogP contribution in [0, 0.1) is 6.92 Å². The number of rotatable bonds is 5. The number of aromatic amines is 1. The Kier molecular flexibility index (Phi) is 3.87. The van der Waals surface area contributed by atoms with Crippen LogP contribution in [-0.2, 0) is 6.42 Å². The van der Waals surface area contributed by atoms with Crippen molar-refractivity contribution in [2.24, 2.45) is 0 Å². The summed E-state index contributed by atoms with van der Waals surface area (Å²) >= 11 is 5.73. The van der Waals surface area contributed by atoms with Gasteiger partial charge in [-0.3, -0.25) is 5.10 Å². The molecule has 0 aliphatic carbocycles. The largest absolute Gasteiger partial charge is 0.370 e. The fourth-order valence-electron chi connectivity index (χ4n) is 1.41. The van der Waals surface area contributed by atoms with E-state index >= 15 is 0 Å². The van der Waals surface area contributed by atoms with Crippen molar-refractivity contribution in [2.45, 2.75) is 19.8 Å². The lowest BCUT2D eigenvalue weighted by Crippen LogP contribution is -2.07. The third-order valence-electron chi connectivity index (χ3n) is 2.29. The molecule has 0 atom stereocenters. The van der Waals surface area contributed by atoms with Crippen LogP contribution in [0.5, 0.6) is 0 Å². The fourth-order valence-corrected chi connectivity index (χ4v) is 1.55. The molecule has 0 saturated heterocycles. The summed E-state index contributed by atoms with van der Waals surface area (Å²) in [7, 11) is 0. The standard InChI is InChI=1S/C10H13ClN6/c1-7-5-13-10(11)16-9(7)12-4-2-3-8-14-6-15-17-8/h5-6H,2-4H2,1H3,(H,12,13,16)(H,14,15,17). The van der Waals surface area contributed by atoms with Gasteiger partial charge in [0.05, 0.1) is 0 Å². The molecule has 0 saturated carbocycles. The molecule has 0 fully saturated rings. The van der Waals surface area contributed by atoms with Gasteiger partial charge in [-0.2, -0.15) is 5.10 Å². The Labute approximate surface area is 104 Å². The van der Waals surface area contributed by atoms with E-state index in [1.54, 1.807) is 6.20 Å². The highest BCUT2D eigenvalue weighted by molar-refractivity contribution is 6.28. The number of hydrogen-bond donors (Lipinski definition) is 2. The topological polar surface area (TPSA) is 79.4 Å². The zero-order valence-corrected chi connectivity index (χ0v) is 10.2. The smallest absolute Gasteiger partial charge is 0.224 e. The molecule has 0 unspecified atom stereocenters. The summed E-state index contributed by atoms with van der Waals surface area (Å²) in [4.78, 5) is 12.1. The summed E-state index contributed by atoms with van der Waals surface area (Å²) in [5.41, 5.74) is 0.981. The van der Waals surface area contributed by atoms with Crippen molar-refractivity contribution in [1.82, 2.24) is 25.1 Å². The average molecular weight is 253 g/mol. The number of aromatic nitrogens is 5. The zero-order chi connectivity index (χ0) is 12.1. The minimum absolute atomic E-state index is 0.258. The quantitative estimate of drug-likeness (QED) is 0.624. The monoisotopic (exact) mass is 252 g/mol. The summed E-state index contributed by atoms with van der Waals surface area (Å²) in [5, 5.41) is 10.1. The minimum Gasteiger partial charge on any atom is -0.370 e. The number of anilines is 1. The third kappa shape index (κ3) is 3.39. The van der Waals surface area contributed by atoms with Crippen molar-refractivity contribution in [3.05, 3.63) is 29.2 Å². The maximum atomic E-state index is 5.73. The number of hydrogen-bond acceptors (Lipinski definition) is 5. The summed E-state index contributed by atoms with van der Waals surface area (Å²) in [6.45, 7) is 2.74. The van der Waals surface area contributed by atoms with Crippen molar-refractivity contribution >= 4 is 17.4 Å². The van der Waals surface area contributed by atoms with Gasteiger partial charge in [0.1, 0.15) is 18.0 Å². The zero-order valence-electron chi connectivity index (χ0n) is 9.44. The molecular formula is C10H13ClN6. The first-order valence-electron chi connectivity index (χ1n) is 5.33. The van der Waals surface area contributed by atoms with Crippen LogP contribution in [0.1, 0.15) is 17.8 Å². The van der Waals surface area contributed by atoms with Crippen molar-refractivity contribution in [1.29, 1.82) is 0 Å². The first-order chi connectivity index (χ1) is 8.25. The fraction of sp³-hybridized carbons (Fsp3) is 0.400. The Morgan fingerprint density at radius 1 is 1.41 bits per heavy atom. The number of nitrogens with zero attached hydrogens (tertiary/aromatic N) is 4. The van der Waals surface area contributed by atoms with E-state index in [-0.39, 0.29) is 5.28 Å². The summed E-state index contributed by atoms with van der Waals surface area (Å²) in [6.07, 6.45) is 5.01. The maximum absolute atomic E-state index is 5.73. The molecule has 2 aromatic heterocycles. The van der Waals surface area contributed by atoms with E-state index in [4.69, 9.17) is 11.6 Å². The molecule has 0 bridgehead atoms. The minimum atomic E-state index is 0.258. The lowest BCUT2D eigenvalue weighted by atomic mass is 10.3. The van der Waals surface area contributed by atoms with E-state index in [0.717, 1.165) is 36.6 Å². The predicted octanol–water partition coefficient (Wildman–Crippen LogP) is 1.60. The number of nitrogens with one attached hydrogen (secondary N) is 2. The Morgan fingerprint density at radius 3 is 3.06 bits per heavy atom. The Balaban J connectivity index is 1.80. The molecular weight excluding hydrogens is 240 g/mol. The van der Waals surface area contributed by atoms with Crippen LogP contribution in [0.25, 0.3) is 0 Å². The number of halogens is 1. The van der Waals surface area contributed by atoms with E-state index in [1.807, 2.05) is 6.92 Å². The van der Waals surface area contributed by atoms with E-state index < -0.39 is 0 Å². The Hall–Kier alpha value is -1.69. The molecule has 2 heterocycles. The van der Waals surface area contributed by atoms with E-state index in [1.165, 1.54) is 6.33 Å². The number of aryl methyl sites for hydroxylation is 2. The van der Waals surface area contributed by atoms with Crippen LogP contribution in [-0.4, -0.2) is 31.7 Å². The molecule has 17 heavy (non-hydrogen) atoms. The van der Waals surface area contributed by atoms with Crippen LogP contribution < -0.4 is 5.32 Å². The molecule has 0 aliphatic rings. The highest BCUT2D eigenvalue weighted by Gasteiger charge is 2.01. The van der Waals surface area contributed by atoms with Gasteiger partial charge in [0.25, 0.3) is 0 Å². The SMILES string of the molecule is Cc1cnc(Cl)nc1NCCCc1ncn[nH]1. The molecule has 0 aromatic carbocycles. The highest BCUT2D eigenvalue weighted by atomic mass is 35.5. The molecule has 90 valence electrons. The van der Waals surface area contributed by atoms with Crippen LogP contribution in [0.15, 0.2) is 12.5 Å². The van der Waals surface area contributed by atoms with Crippen molar-refractivity contribution in [3.8, 4) is 0 Å². The van der Waals surface area contributed by atoms with Gasteiger partial charge in [-0.15, -0.1) is 0 Å². The van der Waals surface area contributed by atoms with Gasteiger partial charge in [0.2, 0.25) is 5.28 Å². The number of H-pyrrole nitrogens is 1. The third-order valence-corrected chi connectivity index (χ3v) is 2.47. The highest BCUT2D eigenvalue weighted by Crippen LogP contribution is 2.12. The molecule has 0 amide bonds. The molecule has 0 spiro atoms. The second-order valence-electron chi connectivity index (χ2n) is 3.63. The first-order valence-corrected chi connectivity index (χ1v) is 5.71. The maximum Gasteiger partial charge on any atom is 0.224 e. The predicted molar refractivity (Wildman–Crippen MR) is 65.0 cm³/mol. The normalized spacial score (nSPS) is 10.5. The summed E-state index contributed by atoms with van der Waals surface area (Å²) in [6, 6.07) is 0. The second-order valence-corrected chi connectivity index (χ2v) is 3.97. The van der Waals surface area contributed by atoms with Crippen LogP contribution >= 0.6 is 11.6 Å². The molecule has 6 nitrogen and oxygen atoms in total. The lowest BCUT2D eigenvalue weighted by Gasteiger charge is -2.07. The second kappa shape index (κ2) is 5.58.